The van der Waals surface area contributed by atoms with E-state index in [1.807, 2.05) is 30.3 Å². The molecule has 3 aromatic carbocycles. The van der Waals surface area contributed by atoms with Crippen molar-refractivity contribution in [1.29, 1.82) is 0 Å². The van der Waals surface area contributed by atoms with Crippen molar-refractivity contribution in [2.75, 3.05) is 11.9 Å². The van der Waals surface area contributed by atoms with Crippen LogP contribution >= 0.6 is 28.1 Å². The van der Waals surface area contributed by atoms with Gasteiger partial charge in [-0.3, -0.25) is 20.2 Å². The SMILES string of the molecule is Cc1ccc([N+](=O)[O-])cc1NC(=S)NC(=O)c1cc(Br)ccc1OCCc1ccccc1. The van der Waals surface area contributed by atoms with Crippen molar-refractivity contribution in [3.05, 3.63) is 98.0 Å². The van der Waals surface area contributed by atoms with Gasteiger partial charge in [-0.05, 0) is 48.5 Å². The topological polar surface area (TPSA) is 93.5 Å². The summed E-state index contributed by atoms with van der Waals surface area (Å²) in [6.45, 7) is 2.19. The Balaban J connectivity index is 1.67. The summed E-state index contributed by atoms with van der Waals surface area (Å²) in [6, 6.07) is 19.4. The zero-order valence-electron chi connectivity index (χ0n) is 17.1. The van der Waals surface area contributed by atoms with Gasteiger partial charge in [0.05, 0.1) is 17.1 Å². The van der Waals surface area contributed by atoms with E-state index in [2.05, 4.69) is 26.6 Å². The predicted octanol–water partition coefficient (Wildman–Crippen LogP) is 5.41. The van der Waals surface area contributed by atoms with E-state index in [1.165, 1.54) is 12.1 Å². The number of thiocarbonyl (C=S) groups is 1. The van der Waals surface area contributed by atoms with E-state index < -0.39 is 10.8 Å². The maximum atomic E-state index is 12.9. The number of anilines is 1. The highest BCUT2D eigenvalue weighted by molar-refractivity contribution is 9.10. The summed E-state index contributed by atoms with van der Waals surface area (Å²) in [6.07, 6.45) is 0.698. The van der Waals surface area contributed by atoms with Crippen molar-refractivity contribution in [3.8, 4) is 5.75 Å². The zero-order valence-corrected chi connectivity index (χ0v) is 19.5. The van der Waals surface area contributed by atoms with Crippen LogP contribution in [0.2, 0.25) is 0 Å². The molecule has 0 fully saturated rings. The van der Waals surface area contributed by atoms with Crippen molar-refractivity contribution in [3.63, 3.8) is 0 Å². The lowest BCUT2D eigenvalue weighted by Gasteiger charge is -2.14. The van der Waals surface area contributed by atoms with E-state index in [0.29, 0.717) is 34.5 Å². The quantitative estimate of drug-likeness (QED) is 0.249. The first-order chi connectivity index (χ1) is 15.3. The average molecular weight is 514 g/mol. The Morgan fingerprint density at radius 1 is 1.12 bits per heavy atom. The van der Waals surface area contributed by atoms with Crippen LogP contribution in [0.3, 0.4) is 0 Å². The van der Waals surface area contributed by atoms with E-state index in [0.717, 1.165) is 11.1 Å². The highest BCUT2D eigenvalue weighted by Gasteiger charge is 2.16. The van der Waals surface area contributed by atoms with Crippen LogP contribution in [0.25, 0.3) is 0 Å². The Labute approximate surface area is 199 Å². The van der Waals surface area contributed by atoms with Crippen molar-refractivity contribution in [2.24, 2.45) is 0 Å². The normalized spacial score (nSPS) is 10.3. The number of nitrogens with one attached hydrogen (secondary N) is 2. The molecule has 0 aliphatic rings. The summed E-state index contributed by atoms with van der Waals surface area (Å²) in [5.41, 5.74) is 2.56. The molecule has 0 saturated heterocycles. The average Bonchev–Trinajstić information content (AvgIpc) is 2.76. The van der Waals surface area contributed by atoms with Gasteiger partial charge in [-0.2, -0.15) is 0 Å². The van der Waals surface area contributed by atoms with Crippen LogP contribution in [0.15, 0.2) is 71.2 Å². The standard InChI is InChI=1S/C23H20BrN3O4S/c1-15-7-9-18(27(29)30)14-20(15)25-23(32)26-22(28)19-13-17(24)8-10-21(19)31-12-11-16-5-3-2-4-6-16/h2-10,13-14H,11-12H2,1H3,(H2,25,26,28,32). The van der Waals surface area contributed by atoms with E-state index in [4.69, 9.17) is 17.0 Å². The number of nitro benzene ring substituents is 1. The fourth-order valence-corrected chi connectivity index (χ4v) is 3.48. The molecule has 0 radical (unpaired) electrons. The molecule has 9 heteroatoms. The zero-order chi connectivity index (χ0) is 23.1. The Kier molecular flexibility index (Phi) is 7.91. The van der Waals surface area contributed by atoms with E-state index in [1.54, 1.807) is 31.2 Å². The van der Waals surface area contributed by atoms with Gasteiger partial charge in [0, 0.05) is 28.7 Å². The van der Waals surface area contributed by atoms with Gasteiger partial charge in [0.25, 0.3) is 11.6 Å². The molecule has 7 nitrogen and oxygen atoms in total. The minimum atomic E-state index is -0.493. The van der Waals surface area contributed by atoms with Crippen LogP contribution in [-0.2, 0) is 6.42 Å². The largest absolute Gasteiger partial charge is 0.492 e. The highest BCUT2D eigenvalue weighted by atomic mass is 79.9. The van der Waals surface area contributed by atoms with Crippen LogP contribution in [0, 0.1) is 17.0 Å². The number of non-ortho nitro benzene ring substituents is 1. The molecule has 0 spiro atoms. The number of nitro groups is 1. The fraction of sp³-hybridized carbons (Fsp3) is 0.130. The molecule has 0 unspecified atom stereocenters. The lowest BCUT2D eigenvalue weighted by Crippen LogP contribution is -2.34. The molecule has 0 saturated carbocycles. The number of carbonyl (C=O) groups is 1. The summed E-state index contributed by atoms with van der Waals surface area (Å²) >= 11 is 8.62. The molecular formula is C23H20BrN3O4S. The minimum Gasteiger partial charge on any atom is -0.492 e. The Morgan fingerprint density at radius 2 is 1.88 bits per heavy atom. The highest BCUT2D eigenvalue weighted by Crippen LogP contribution is 2.24. The number of hydrogen-bond donors (Lipinski definition) is 2. The van der Waals surface area contributed by atoms with Gasteiger partial charge in [0.2, 0.25) is 0 Å². The fourth-order valence-electron chi connectivity index (χ4n) is 2.91. The Hall–Kier alpha value is -3.30. The van der Waals surface area contributed by atoms with Gasteiger partial charge in [0.1, 0.15) is 5.75 Å². The van der Waals surface area contributed by atoms with Crippen molar-refractivity contribution < 1.29 is 14.5 Å². The monoisotopic (exact) mass is 513 g/mol. The number of hydrogen-bond acceptors (Lipinski definition) is 5. The second kappa shape index (κ2) is 10.8. The first kappa shape index (κ1) is 23.4. The van der Waals surface area contributed by atoms with Gasteiger partial charge < -0.3 is 10.1 Å². The number of carbonyl (C=O) groups excluding carboxylic acids is 1. The molecule has 0 aliphatic carbocycles. The molecule has 0 aliphatic heterocycles. The lowest BCUT2D eigenvalue weighted by molar-refractivity contribution is -0.384. The molecule has 0 atom stereocenters. The van der Waals surface area contributed by atoms with Crippen molar-refractivity contribution in [1.82, 2.24) is 5.32 Å². The molecule has 1 amide bonds. The molecule has 0 bridgehead atoms. The van der Waals surface area contributed by atoms with Gasteiger partial charge in [0.15, 0.2) is 5.11 Å². The second-order valence-corrected chi connectivity index (χ2v) is 8.21. The Morgan fingerprint density at radius 3 is 2.59 bits per heavy atom. The van der Waals surface area contributed by atoms with Crippen molar-refractivity contribution in [2.45, 2.75) is 13.3 Å². The molecule has 2 N–H and O–H groups in total. The summed E-state index contributed by atoms with van der Waals surface area (Å²) in [7, 11) is 0. The van der Waals surface area contributed by atoms with Crippen LogP contribution in [-0.4, -0.2) is 22.5 Å². The summed E-state index contributed by atoms with van der Waals surface area (Å²) < 4.78 is 6.57. The number of ether oxygens (including phenoxy) is 1. The number of aryl methyl sites for hydroxylation is 1. The summed E-state index contributed by atoms with van der Waals surface area (Å²) in [5, 5.41) is 16.5. The van der Waals surface area contributed by atoms with E-state index >= 15 is 0 Å². The van der Waals surface area contributed by atoms with E-state index in [9.17, 15) is 14.9 Å². The second-order valence-electron chi connectivity index (χ2n) is 6.89. The molecule has 3 rings (SSSR count). The first-order valence-electron chi connectivity index (χ1n) is 9.67. The maximum Gasteiger partial charge on any atom is 0.271 e. The molecule has 0 aromatic heterocycles. The smallest absolute Gasteiger partial charge is 0.271 e. The van der Waals surface area contributed by atoms with E-state index in [-0.39, 0.29) is 10.8 Å². The summed E-state index contributed by atoms with van der Waals surface area (Å²) in [4.78, 5) is 23.4. The number of nitrogens with zero attached hydrogens (tertiary/aromatic N) is 1. The number of benzene rings is 3. The number of amides is 1. The van der Waals surface area contributed by atoms with Crippen molar-refractivity contribution >= 4 is 50.5 Å². The van der Waals surface area contributed by atoms with Gasteiger partial charge >= 0.3 is 0 Å². The van der Waals surface area contributed by atoms with Crippen LogP contribution in [0.1, 0.15) is 21.5 Å². The molecule has 3 aromatic rings. The lowest BCUT2D eigenvalue weighted by atomic mass is 10.1. The number of rotatable bonds is 7. The van der Waals surface area contributed by atoms with Gasteiger partial charge in [-0.25, -0.2) is 0 Å². The predicted molar refractivity (Wildman–Crippen MR) is 131 cm³/mol. The third-order valence-corrected chi connectivity index (χ3v) is 5.28. The maximum absolute atomic E-state index is 12.9. The minimum absolute atomic E-state index is 0.0220. The first-order valence-corrected chi connectivity index (χ1v) is 10.9. The van der Waals surface area contributed by atoms with Gasteiger partial charge in [-0.15, -0.1) is 0 Å². The molecule has 32 heavy (non-hydrogen) atoms. The Bertz CT molecular complexity index is 1160. The molecular weight excluding hydrogens is 494 g/mol. The van der Waals surface area contributed by atoms with Crippen LogP contribution < -0.4 is 15.4 Å². The third-order valence-electron chi connectivity index (χ3n) is 4.58. The molecule has 0 heterocycles. The molecule has 164 valence electrons. The summed E-state index contributed by atoms with van der Waals surface area (Å²) in [5.74, 6) is -0.0300. The number of halogens is 1. The third kappa shape index (κ3) is 6.35. The van der Waals surface area contributed by atoms with Crippen LogP contribution in [0.5, 0.6) is 5.75 Å². The van der Waals surface area contributed by atoms with Crippen LogP contribution in [0.4, 0.5) is 11.4 Å². The van der Waals surface area contributed by atoms with Gasteiger partial charge in [-0.1, -0.05) is 52.3 Å².